The van der Waals surface area contributed by atoms with Gasteiger partial charge in [-0.05, 0) is 42.3 Å². The molecule has 3 rings (SSSR count). The van der Waals surface area contributed by atoms with Crippen molar-refractivity contribution in [1.82, 2.24) is 10.9 Å². The molecule has 7 heteroatoms. The zero-order valence-corrected chi connectivity index (χ0v) is 16.0. The summed E-state index contributed by atoms with van der Waals surface area (Å²) in [4.78, 5) is 24.0. The van der Waals surface area contributed by atoms with Gasteiger partial charge in [0, 0.05) is 28.3 Å². The highest BCUT2D eigenvalue weighted by atomic mass is 79.9. The first-order chi connectivity index (χ1) is 12.5. The van der Waals surface area contributed by atoms with Gasteiger partial charge in [-0.25, -0.2) is 10.9 Å². The fourth-order valence-corrected chi connectivity index (χ4v) is 3.06. The minimum Gasteiger partial charge on any atom is -0.326 e. The van der Waals surface area contributed by atoms with Gasteiger partial charge in [0.05, 0.1) is 0 Å². The summed E-state index contributed by atoms with van der Waals surface area (Å²) in [6.45, 7) is 1.79. The molecule has 0 spiro atoms. The normalized spacial score (nSPS) is 19.2. The van der Waals surface area contributed by atoms with Crippen molar-refractivity contribution in [1.29, 1.82) is 0 Å². The molecule has 2 unspecified atom stereocenters. The number of benzene rings is 2. The monoisotopic (exact) mass is 416 g/mol. The molecule has 0 bridgehead atoms. The lowest BCUT2D eigenvalue weighted by Crippen LogP contribution is -2.39. The molecule has 1 heterocycles. The van der Waals surface area contributed by atoms with Crippen molar-refractivity contribution in [2.75, 3.05) is 10.6 Å². The molecule has 1 fully saturated rings. The molecule has 2 atom stereocenters. The van der Waals surface area contributed by atoms with E-state index in [4.69, 9.17) is 0 Å². The summed E-state index contributed by atoms with van der Waals surface area (Å²) in [5, 5.41) is 5.68. The van der Waals surface area contributed by atoms with Crippen LogP contribution in [0.5, 0.6) is 0 Å². The van der Waals surface area contributed by atoms with Crippen LogP contribution in [0.3, 0.4) is 0 Å². The number of carbonyl (C=O) groups is 2. The summed E-state index contributed by atoms with van der Waals surface area (Å²) >= 11 is 3.42. The second-order valence-electron chi connectivity index (χ2n) is 6.15. The van der Waals surface area contributed by atoms with Crippen LogP contribution in [0.4, 0.5) is 11.4 Å². The Bertz CT molecular complexity index is 794. The van der Waals surface area contributed by atoms with Gasteiger partial charge in [-0.2, -0.15) is 0 Å². The first-order valence-corrected chi connectivity index (χ1v) is 9.31. The first-order valence-electron chi connectivity index (χ1n) is 8.52. The summed E-state index contributed by atoms with van der Waals surface area (Å²) in [6.07, 6.45) is 1.06. The summed E-state index contributed by atoms with van der Waals surface area (Å²) in [7, 11) is 0. The van der Waals surface area contributed by atoms with Crippen molar-refractivity contribution >= 4 is 39.1 Å². The Morgan fingerprint density at radius 1 is 1.08 bits per heavy atom. The summed E-state index contributed by atoms with van der Waals surface area (Å²) in [5.41, 5.74) is 8.67. The highest BCUT2D eigenvalue weighted by molar-refractivity contribution is 9.10. The minimum absolute atomic E-state index is 0.0625. The third-order valence-electron chi connectivity index (χ3n) is 4.23. The third-order valence-corrected chi connectivity index (χ3v) is 4.76. The largest absolute Gasteiger partial charge is 0.326 e. The Labute approximate surface area is 160 Å². The van der Waals surface area contributed by atoms with Gasteiger partial charge in [0.25, 0.3) is 0 Å². The predicted molar refractivity (Wildman–Crippen MR) is 106 cm³/mol. The number of halogens is 1. The van der Waals surface area contributed by atoms with E-state index in [-0.39, 0.29) is 23.9 Å². The smallest absolute Gasteiger partial charge is 0.242 e. The maximum absolute atomic E-state index is 12.5. The maximum Gasteiger partial charge on any atom is 0.242 e. The minimum atomic E-state index is -0.336. The highest BCUT2D eigenvalue weighted by Crippen LogP contribution is 2.24. The van der Waals surface area contributed by atoms with Crippen LogP contribution in [0.1, 0.15) is 31.4 Å². The van der Waals surface area contributed by atoms with Crippen LogP contribution < -0.4 is 21.5 Å². The van der Waals surface area contributed by atoms with E-state index in [9.17, 15) is 9.59 Å². The molecule has 136 valence electrons. The molecule has 0 saturated carbocycles. The van der Waals surface area contributed by atoms with Gasteiger partial charge in [0.1, 0.15) is 6.04 Å². The van der Waals surface area contributed by atoms with Gasteiger partial charge in [0.15, 0.2) is 0 Å². The highest BCUT2D eigenvalue weighted by Gasteiger charge is 2.30. The van der Waals surface area contributed by atoms with E-state index in [0.29, 0.717) is 24.2 Å². The number of anilines is 2. The molecule has 2 aromatic carbocycles. The molecule has 1 aliphatic heterocycles. The predicted octanol–water partition coefficient (Wildman–Crippen LogP) is 3.34. The van der Waals surface area contributed by atoms with E-state index < -0.39 is 0 Å². The molecule has 26 heavy (non-hydrogen) atoms. The van der Waals surface area contributed by atoms with Gasteiger partial charge in [0.2, 0.25) is 11.8 Å². The molecule has 1 aliphatic rings. The summed E-state index contributed by atoms with van der Waals surface area (Å²) < 4.78 is 1.02. The third kappa shape index (κ3) is 4.69. The van der Waals surface area contributed by atoms with E-state index in [1.807, 2.05) is 24.3 Å². The molecular weight excluding hydrogens is 396 g/mol. The van der Waals surface area contributed by atoms with Crippen molar-refractivity contribution in [2.24, 2.45) is 0 Å². The zero-order valence-electron chi connectivity index (χ0n) is 14.4. The zero-order chi connectivity index (χ0) is 18.5. The number of hydrazine groups is 1. The Kier molecular flexibility index (Phi) is 6.03. The number of hydrogen-bond acceptors (Lipinski definition) is 4. The quantitative estimate of drug-likeness (QED) is 0.602. The van der Waals surface area contributed by atoms with Gasteiger partial charge in [-0.1, -0.05) is 41.1 Å². The molecular formula is C19H21BrN4O2. The molecule has 0 aliphatic carbocycles. The number of rotatable bonds is 5. The van der Waals surface area contributed by atoms with E-state index in [1.54, 1.807) is 31.2 Å². The molecule has 0 aromatic heterocycles. The van der Waals surface area contributed by atoms with Gasteiger partial charge in [-0.15, -0.1) is 0 Å². The molecule has 2 amide bonds. The van der Waals surface area contributed by atoms with Gasteiger partial charge in [-0.3, -0.25) is 9.59 Å². The van der Waals surface area contributed by atoms with Gasteiger partial charge < -0.3 is 10.6 Å². The Morgan fingerprint density at radius 3 is 2.46 bits per heavy atom. The average molecular weight is 417 g/mol. The SMILES string of the molecule is CCC(=O)Nc1cccc(NC(=O)C2CC(c3ccc(Br)cc3)NN2)c1. The fourth-order valence-electron chi connectivity index (χ4n) is 2.80. The number of nitrogens with one attached hydrogen (secondary N) is 4. The number of carbonyl (C=O) groups excluding carboxylic acids is 2. The van der Waals surface area contributed by atoms with Crippen LogP contribution in [0, 0.1) is 0 Å². The Balaban J connectivity index is 1.59. The number of hydrogen-bond donors (Lipinski definition) is 4. The van der Waals surface area contributed by atoms with Crippen molar-refractivity contribution in [3.05, 3.63) is 58.6 Å². The van der Waals surface area contributed by atoms with Crippen LogP contribution in [0.15, 0.2) is 53.0 Å². The van der Waals surface area contributed by atoms with Crippen LogP contribution >= 0.6 is 15.9 Å². The Morgan fingerprint density at radius 2 is 1.77 bits per heavy atom. The molecule has 6 nitrogen and oxygen atoms in total. The first kappa shape index (κ1) is 18.6. The Hall–Kier alpha value is -2.22. The number of amides is 2. The van der Waals surface area contributed by atoms with Crippen molar-refractivity contribution in [3.8, 4) is 0 Å². The van der Waals surface area contributed by atoms with Crippen LogP contribution in [0.2, 0.25) is 0 Å². The summed E-state index contributed by atoms with van der Waals surface area (Å²) in [6, 6.07) is 14.9. The average Bonchev–Trinajstić information content (AvgIpc) is 3.13. The van der Waals surface area contributed by atoms with Crippen LogP contribution in [0.25, 0.3) is 0 Å². The van der Waals surface area contributed by atoms with E-state index in [0.717, 1.165) is 10.0 Å². The molecule has 0 radical (unpaired) electrons. The lowest BCUT2D eigenvalue weighted by atomic mass is 10.0. The lowest BCUT2D eigenvalue weighted by Gasteiger charge is -2.12. The van der Waals surface area contributed by atoms with Crippen LogP contribution in [-0.4, -0.2) is 17.9 Å². The second-order valence-corrected chi connectivity index (χ2v) is 7.07. The van der Waals surface area contributed by atoms with Crippen molar-refractivity contribution in [3.63, 3.8) is 0 Å². The van der Waals surface area contributed by atoms with Gasteiger partial charge >= 0.3 is 0 Å². The maximum atomic E-state index is 12.5. The second kappa shape index (κ2) is 8.44. The van der Waals surface area contributed by atoms with E-state index in [1.165, 1.54) is 0 Å². The fraction of sp³-hybridized carbons (Fsp3) is 0.263. The van der Waals surface area contributed by atoms with Crippen molar-refractivity contribution < 1.29 is 9.59 Å². The lowest BCUT2D eigenvalue weighted by molar-refractivity contribution is -0.118. The van der Waals surface area contributed by atoms with E-state index >= 15 is 0 Å². The van der Waals surface area contributed by atoms with Crippen molar-refractivity contribution in [2.45, 2.75) is 31.8 Å². The summed E-state index contributed by atoms with van der Waals surface area (Å²) in [5.74, 6) is -0.177. The topological polar surface area (TPSA) is 82.3 Å². The van der Waals surface area contributed by atoms with E-state index in [2.05, 4.69) is 37.4 Å². The standard InChI is InChI=1S/C19H21BrN4O2/c1-2-18(25)21-14-4-3-5-15(10-14)22-19(26)17-11-16(23-24-17)12-6-8-13(20)9-7-12/h3-10,16-17,23-24H,2,11H2,1H3,(H,21,25)(H,22,26). The molecule has 4 N–H and O–H groups in total. The molecule has 1 saturated heterocycles. The molecule has 2 aromatic rings. The van der Waals surface area contributed by atoms with Crippen LogP contribution in [-0.2, 0) is 9.59 Å².